The highest BCUT2D eigenvalue weighted by atomic mass is 16.2. The van der Waals surface area contributed by atoms with Crippen LogP contribution in [-0.4, -0.2) is 25.7 Å². The van der Waals surface area contributed by atoms with Crippen molar-refractivity contribution in [3.05, 3.63) is 34.4 Å². The summed E-state index contributed by atoms with van der Waals surface area (Å²) in [5.74, 6) is 0.322. The molecule has 20 heavy (non-hydrogen) atoms. The Balaban J connectivity index is 1.79. The van der Waals surface area contributed by atoms with Gasteiger partial charge in [0, 0.05) is 43.2 Å². The molecule has 2 N–H and O–H groups in total. The van der Waals surface area contributed by atoms with Gasteiger partial charge in [-0.15, -0.1) is 0 Å². The third kappa shape index (κ3) is 2.01. The number of anilines is 1. The lowest BCUT2D eigenvalue weighted by molar-refractivity contribution is 0.0961. The summed E-state index contributed by atoms with van der Waals surface area (Å²) in [5.41, 5.74) is 4.52. The lowest BCUT2D eigenvalue weighted by Crippen LogP contribution is -2.14. The maximum absolute atomic E-state index is 11.6. The van der Waals surface area contributed by atoms with E-state index in [0.717, 1.165) is 22.5 Å². The van der Waals surface area contributed by atoms with Gasteiger partial charge in [0.1, 0.15) is 5.69 Å². The zero-order valence-corrected chi connectivity index (χ0v) is 11.7. The van der Waals surface area contributed by atoms with Crippen LogP contribution in [0.4, 0.5) is 5.95 Å². The first-order valence-corrected chi connectivity index (χ1v) is 6.43. The fourth-order valence-corrected chi connectivity index (χ4v) is 2.32. The lowest BCUT2D eigenvalue weighted by Gasteiger charge is -2.06. The van der Waals surface area contributed by atoms with Gasteiger partial charge in [0.2, 0.25) is 5.95 Å². The smallest absolute Gasteiger partial charge is 0.270 e. The molecule has 1 aliphatic heterocycles. The Morgan fingerprint density at radius 2 is 2.25 bits per heavy atom. The fourth-order valence-electron chi connectivity index (χ4n) is 2.32. The number of rotatable bonds is 3. The Morgan fingerprint density at radius 3 is 2.95 bits per heavy atom. The number of fused-ring (bicyclic) bond motifs is 1. The molecule has 1 amide bonds. The van der Waals surface area contributed by atoms with Crippen molar-refractivity contribution in [2.75, 3.05) is 5.32 Å². The van der Waals surface area contributed by atoms with Crippen LogP contribution in [0, 0.1) is 13.8 Å². The first kappa shape index (κ1) is 12.6. The Morgan fingerprint density at radius 1 is 1.45 bits per heavy atom. The van der Waals surface area contributed by atoms with E-state index in [-0.39, 0.29) is 5.91 Å². The predicted molar refractivity (Wildman–Crippen MR) is 73.2 cm³/mol. The van der Waals surface area contributed by atoms with E-state index in [0.29, 0.717) is 24.7 Å². The predicted octanol–water partition coefficient (Wildman–Crippen LogP) is 0.682. The zero-order valence-electron chi connectivity index (χ0n) is 11.7. The van der Waals surface area contributed by atoms with Crippen molar-refractivity contribution in [2.24, 2.45) is 7.05 Å². The number of carbonyl (C=O) groups excluding carboxylic acids is 1. The standard InChI is InChI=1S/C13H16N6O/c1-7-10(8(2)19(3)18-7)6-16-13-15-5-9-4-14-12(20)11(9)17-13/h5H,4,6H2,1-3H3,(H,14,20)(H,15,16,17). The number of nitrogens with zero attached hydrogens (tertiary/aromatic N) is 4. The van der Waals surface area contributed by atoms with E-state index in [9.17, 15) is 4.79 Å². The van der Waals surface area contributed by atoms with Crippen molar-refractivity contribution in [2.45, 2.75) is 26.9 Å². The third-order valence-corrected chi connectivity index (χ3v) is 3.60. The zero-order chi connectivity index (χ0) is 14.3. The Kier molecular flexibility index (Phi) is 2.89. The number of aromatic nitrogens is 4. The minimum Gasteiger partial charge on any atom is -0.350 e. The van der Waals surface area contributed by atoms with E-state index in [2.05, 4.69) is 25.7 Å². The second-order valence-corrected chi connectivity index (χ2v) is 4.88. The molecule has 0 aromatic carbocycles. The lowest BCUT2D eigenvalue weighted by atomic mass is 10.2. The molecule has 3 heterocycles. The van der Waals surface area contributed by atoms with Gasteiger partial charge in [0.15, 0.2) is 0 Å². The van der Waals surface area contributed by atoms with Gasteiger partial charge in [0.05, 0.1) is 5.69 Å². The van der Waals surface area contributed by atoms with E-state index in [1.54, 1.807) is 6.20 Å². The molecule has 0 unspecified atom stereocenters. The molecular formula is C13H16N6O. The molecule has 2 aromatic rings. The van der Waals surface area contributed by atoms with E-state index in [4.69, 9.17) is 0 Å². The molecular weight excluding hydrogens is 256 g/mol. The molecule has 3 rings (SSSR count). The maximum Gasteiger partial charge on any atom is 0.270 e. The van der Waals surface area contributed by atoms with Gasteiger partial charge in [0.25, 0.3) is 5.91 Å². The summed E-state index contributed by atoms with van der Waals surface area (Å²) in [7, 11) is 1.92. The molecule has 0 radical (unpaired) electrons. The van der Waals surface area contributed by atoms with Crippen molar-refractivity contribution in [1.82, 2.24) is 25.1 Å². The summed E-state index contributed by atoms with van der Waals surface area (Å²) in [5, 5.41) is 10.2. The van der Waals surface area contributed by atoms with Crippen LogP contribution in [0.15, 0.2) is 6.20 Å². The van der Waals surface area contributed by atoms with Gasteiger partial charge in [-0.1, -0.05) is 0 Å². The van der Waals surface area contributed by atoms with Crippen molar-refractivity contribution in [3.8, 4) is 0 Å². The quantitative estimate of drug-likeness (QED) is 0.858. The fraction of sp³-hybridized carbons (Fsp3) is 0.385. The largest absolute Gasteiger partial charge is 0.350 e. The van der Waals surface area contributed by atoms with E-state index >= 15 is 0 Å². The maximum atomic E-state index is 11.6. The highest BCUT2D eigenvalue weighted by Crippen LogP contribution is 2.16. The highest BCUT2D eigenvalue weighted by molar-refractivity contribution is 5.96. The molecule has 7 nitrogen and oxygen atoms in total. The summed E-state index contributed by atoms with van der Waals surface area (Å²) in [6, 6.07) is 0. The monoisotopic (exact) mass is 272 g/mol. The summed E-state index contributed by atoms with van der Waals surface area (Å²) < 4.78 is 1.85. The van der Waals surface area contributed by atoms with Crippen LogP contribution in [0.5, 0.6) is 0 Å². The Hall–Kier alpha value is -2.44. The molecule has 7 heteroatoms. The third-order valence-electron chi connectivity index (χ3n) is 3.60. The van der Waals surface area contributed by atoms with Crippen LogP contribution in [0.3, 0.4) is 0 Å². The van der Waals surface area contributed by atoms with Gasteiger partial charge >= 0.3 is 0 Å². The van der Waals surface area contributed by atoms with Crippen molar-refractivity contribution in [1.29, 1.82) is 0 Å². The summed E-state index contributed by atoms with van der Waals surface area (Å²) in [4.78, 5) is 20.0. The number of carbonyl (C=O) groups is 1. The SMILES string of the molecule is Cc1nn(C)c(C)c1CNc1ncc2c(n1)C(=O)NC2. The van der Waals surface area contributed by atoms with Crippen molar-refractivity contribution < 1.29 is 4.79 Å². The second kappa shape index (κ2) is 4.59. The van der Waals surface area contributed by atoms with Crippen LogP contribution >= 0.6 is 0 Å². The van der Waals surface area contributed by atoms with Crippen molar-refractivity contribution >= 4 is 11.9 Å². The average Bonchev–Trinajstić information content (AvgIpc) is 2.90. The van der Waals surface area contributed by atoms with Gasteiger partial charge in [-0.3, -0.25) is 9.48 Å². The minimum atomic E-state index is -0.140. The Labute approximate surface area is 116 Å². The van der Waals surface area contributed by atoms with Crippen LogP contribution in [0.2, 0.25) is 0 Å². The summed E-state index contributed by atoms with van der Waals surface area (Å²) in [6.45, 7) is 5.09. The van der Waals surface area contributed by atoms with Gasteiger partial charge in [-0.2, -0.15) is 5.10 Å². The second-order valence-electron chi connectivity index (χ2n) is 4.88. The van der Waals surface area contributed by atoms with Gasteiger partial charge < -0.3 is 10.6 Å². The normalized spacial score (nSPS) is 13.2. The number of hydrogen-bond donors (Lipinski definition) is 2. The molecule has 0 spiro atoms. The first-order chi connectivity index (χ1) is 9.56. The number of aryl methyl sites for hydroxylation is 2. The van der Waals surface area contributed by atoms with Crippen LogP contribution in [0.1, 0.15) is 33.0 Å². The van der Waals surface area contributed by atoms with Crippen molar-refractivity contribution in [3.63, 3.8) is 0 Å². The number of amides is 1. The van der Waals surface area contributed by atoms with Gasteiger partial charge in [-0.25, -0.2) is 9.97 Å². The molecule has 104 valence electrons. The van der Waals surface area contributed by atoms with Crippen LogP contribution in [-0.2, 0) is 20.1 Å². The molecule has 0 atom stereocenters. The molecule has 1 aliphatic rings. The van der Waals surface area contributed by atoms with Crippen LogP contribution in [0.25, 0.3) is 0 Å². The summed E-state index contributed by atoms with van der Waals surface area (Å²) in [6.07, 6.45) is 1.69. The Bertz CT molecular complexity index is 690. The average molecular weight is 272 g/mol. The van der Waals surface area contributed by atoms with E-state index in [1.165, 1.54) is 0 Å². The topological polar surface area (TPSA) is 84.7 Å². The molecule has 0 saturated carbocycles. The molecule has 0 saturated heterocycles. The minimum absolute atomic E-state index is 0.140. The van der Waals surface area contributed by atoms with E-state index in [1.807, 2.05) is 25.6 Å². The van der Waals surface area contributed by atoms with E-state index < -0.39 is 0 Å². The molecule has 0 aliphatic carbocycles. The van der Waals surface area contributed by atoms with Gasteiger partial charge in [-0.05, 0) is 13.8 Å². The molecule has 0 bridgehead atoms. The number of hydrogen-bond acceptors (Lipinski definition) is 5. The number of nitrogens with one attached hydrogen (secondary N) is 2. The molecule has 2 aromatic heterocycles. The molecule has 0 fully saturated rings. The first-order valence-electron chi connectivity index (χ1n) is 6.43. The highest BCUT2D eigenvalue weighted by Gasteiger charge is 2.21. The summed E-state index contributed by atoms with van der Waals surface area (Å²) >= 11 is 0. The van der Waals surface area contributed by atoms with Crippen LogP contribution < -0.4 is 10.6 Å².